The van der Waals surface area contributed by atoms with E-state index in [0.717, 1.165) is 13.6 Å². The van der Waals surface area contributed by atoms with Crippen molar-refractivity contribution in [1.82, 2.24) is 9.66 Å². The molecule has 178 valence electrons. The van der Waals surface area contributed by atoms with Crippen LogP contribution in [-0.4, -0.2) is 34.1 Å². The van der Waals surface area contributed by atoms with Crippen LogP contribution in [0, 0.1) is 10.5 Å². The van der Waals surface area contributed by atoms with Crippen LogP contribution in [0.5, 0.6) is 11.5 Å². The third-order valence-electron chi connectivity index (χ3n) is 5.10. The Morgan fingerprint density at radius 1 is 1.23 bits per heavy atom. The number of nitrogens with zero attached hydrogens (tertiary/aromatic N) is 3. The van der Waals surface area contributed by atoms with Crippen LogP contribution in [0.2, 0.25) is 0 Å². The van der Waals surface area contributed by atoms with Crippen LogP contribution in [0.1, 0.15) is 27.3 Å². The fourth-order valence-corrected chi connectivity index (χ4v) is 4.57. The Bertz CT molecular complexity index is 1530. The lowest BCUT2D eigenvalue weighted by Crippen LogP contribution is -2.20. The van der Waals surface area contributed by atoms with Crippen molar-refractivity contribution in [2.24, 2.45) is 5.10 Å². The van der Waals surface area contributed by atoms with Crippen molar-refractivity contribution in [3.05, 3.63) is 95.5 Å². The van der Waals surface area contributed by atoms with E-state index in [4.69, 9.17) is 9.47 Å². The van der Waals surface area contributed by atoms with Gasteiger partial charge in [-0.2, -0.15) is 9.78 Å². The number of aromatic carboxylic acids is 1. The Morgan fingerprint density at radius 2 is 2.03 bits per heavy atom. The predicted molar refractivity (Wildman–Crippen MR) is 145 cm³/mol. The fraction of sp³-hybridized carbons (Fsp3) is 0.120. The molecule has 0 aliphatic heterocycles. The first-order valence-corrected chi connectivity index (χ1v) is 12.2. The van der Waals surface area contributed by atoms with Crippen LogP contribution < -0.4 is 15.0 Å². The summed E-state index contributed by atoms with van der Waals surface area (Å²) >= 11 is 5.52. The molecule has 0 amide bonds. The van der Waals surface area contributed by atoms with E-state index >= 15 is 0 Å². The highest BCUT2D eigenvalue weighted by Crippen LogP contribution is 2.34. The summed E-state index contributed by atoms with van der Waals surface area (Å²) in [5.74, 6) is 0.478. The van der Waals surface area contributed by atoms with Gasteiger partial charge in [-0.15, -0.1) is 0 Å². The molecule has 8 nitrogen and oxygen atoms in total. The molecule has 0 bridgehead atoms. The van der Waals surface area contributed by atoms with Crippen molar-refractivity contribution in [2.45, 2.75) is 13.5 Å². The van der Waals surface area contributed by atoms with Crippen molar-refractivity contribution in [1.29, 1.82) is 0 Å². The second-order valence-electron chi connectivity index (χ2n) is 7.51. The minimum atomic E-state index is -0.994. The molecule has 10 heteroatoms. The van der Waals surface area contributed by atoms with Crippen molar-refractivity contribution >= 4 is 61.6 Å². The zero-order valence-electron chi connectivity index (χ0n) is 18.7. The van der Waals surface area contributed by atoms with E-state index in [2.05, 4.69) is 48.6 Å². The number of halogens is 2. The lowest BCUT2D eigenvalue weighted by atomic mass is 10.1. The number of carbonyl (C=O) groups is 1. The molecule has 1 heterocycles. The Hall–Kier alpha value is -3.25. The standard InChI is InChI=1S/C25H19BrIN3O5/c1-14-29-21-7-6-18(26)11-19(21)24(31)30(14)28-12-16-9-20(27)23(22(10-16)34-2)35-13-15-4-3-5-17(8-15)25(32)33/h3-12H,13H2,1-2H3,(H,32,33). The monoisotopic (exact) mass is 647 g/mol. The average molecular weight is 648 g/mol. The van der Waals surface area contributed by atoms with Gasteiger partial charge in [0.05, 0.1) is 33.4 Å². The van der Waals surface area contributed by atoms with E-state index in [1.54, 1.807) is 49.5 Å². The zero-order chi connectivity index (χ0) is 25.1. The SMILES string of the molecule is COc1cc(C=Nn2c(C)nc3ccc(Br)cc3c2=O)cc(I)c1OCc1cccc(C(=O)O)c1. The molecule has 0 aliphatic rings. The Labute approximate surface area is 222 Å². The van der Waals surface area contributed by atoms with Gasteiger partial charge in [0.1, 0.15) is 12.4 Å². The van der Waals surface area contributed by atoms with E-state index < -0.39 is 5.97 Å². The summed E-state index contributed by atoms with van der Waals surface area (Å²) < 4.78 is 14.3. The number of aryl methyl sites for hydroxylation is 1. The molecular formula is C25H19BrIN3O5. The largest absolute Gasteiger partial charge is 0.493 e. The van der Waals surface area contributed by atoms with E-state index in [1.165, 1.54) is 17.9 Å². The van der Waals surface area contributed by atoms with Gasteiger partial charge < -0.3 is 14.6 Å². The summed E-state index contributed by atoms with van der Waals surface area (Å²) in [6, 6.07) is 15.5. The van der Waals surface area contributed by atoms with Crippen molar-refractivity contribution < 1.29 is 19.4 Å². The van der Waals surface area contributed by atoms with Gasteiger partial charge in [-0.05, 0) is 83.1 Å². The molecule has 0 atom stereocenters. The smallest absolute Gasteiger partial charge is 0.335 e. The van der Waals surface area contributed by atoms with Crippen LogP contribution >= 0.6 is 38.5 Å². The van der Waals surface area contributed by atoms with Crippen LogP contribution in [0.3, 0.4) is 0 Å². The molecule has 0 radical (unpaired) electrons. The molecular weight excluding hydrogens is 629 g/mol. The number of hydrogen-bond donors (Lipinski definition) is 1. The summed E-state index contributed by atoms with van der Waals surface area (Å²) in [4.78, 5) is 28.6. The second-order valence-corrected chi connectivity index (χ2v) is 9.59. The van der Waals surface area contributed by atoms with Crippen molar-refractivity contribution in [3.63, 3.8) is 0 Å². The summed E-state index contributed by atoms with van der Waals surface area (Å²) in [7, 11) is 1.53. The number of aromatic nitrogens is 2. The first kappa shape index (κ1) is 24.9. The minimum Gasteiger partial charge on any atom is -0.493 e. The minimum absolute atomic E-state index is 0.174. The Morgan fingerprint density at radius 3 is 2.77 bits per heavy atom. The molecule has 1 N–H and O–H groups in total. The molecule has 0 saturated heterocycles. The third-order valence-corrected chi connectivity index (χ3v) is 6.40. The van der Waals surface area contributed by atoms with Crippen molar-refractivity contribution in [2.75, 3.05) is 7.11 Å². The van der Waals surface area contributed by atoms with Gasteiger partial charge in [-0.3, -0.25) is 4.79 Å². The number of carboxylic acids is 1. The molecule has 0 fully saturated rings. The highest BCUT2D eigenvalue weighted by atomic mass is 127. The van der Waals surface area contributed by atoms with Gasteiger partial charge in [0, 0.05) is 4.47 Å². The highest BCUT2D eigenvalue weighted by molar-refractivity contribution is 14.1. The first-order chi connectivity index (χ1) is 16.8. The number of ether oxygens (including phenoxy) is 2. The lowest BCUT2D eigenvalue weighted by molar-refractivity contribution is 0.0696. The molecule has 0 unspecified atom stereocenters. The average Bonchev–Trinajstić information content (AvgIpc) is 2.83. The van der Waals surface area contributed by atoms with E-state index in [1.807, 2.05) is 12.1 Å². The lowest BCUT2D eigenvalue weighted by Gasteiger charge is -2.14. The number of carboxylic acid groups (broad SMARTS) is 1. The van der Waals surface area contributed by atoms with Crippen LogP contribution in [-0.2, 0) is 6.61 Å². The number of methoxy groups -OCH3 is 1. The fourth-order valence-electron chi connectivity index (χ4n) is 3.42. The van der Waals surface area contributed by atoms with Crippen LogP contribution in [0.25, 0.3) is 10.9 Å². The van der Waals surface area contributed by atoms with Gasteiger partial charge in [0.15, 0.2) is 11.5 Å². The highest BCUT2D eigenvalue weighted by Gasteiger charge is 2.13. The summed E-state index contributed by atoms with van der Waals surface area (Å²) in [6.07, 6.45) is 1.56. The van der Waals surface area contributed by atoms with E-state index in [9.17, 15) is 14.7 Å². The maximum Gasteiger partial charge on any atom is 0.335 e. The second kappa shape index (κ2) is 10.6. The van der Waals surface area contributed by atoms with Crippen LogP contribution in [0.4, 0.5) is 0 Å². The molecule has 4 rings (SSSR count). The molecule has 35 heavy (non-hydrogen) atoms. The summed E-state index contributed by atoms with van der Waals surface area (Å²) in [5, 5.41) is 14.0. The van der Waals surface area contributed by atoms with Crippen molar-refractivity contribution in [3.8, 4) is 11.5 Å². The van der Waals surface area contributed by atoms with E-state index in [0.29, 0.717) is 33.8 Å². The molecule has 1 aromatic heterocycles. The first-order valence-electron chi connectivity index (χ1n) is 10.3. The summed E-state index contributed by atoms with van der Waals surface area (Å²) in [6.45, 7) is 1.90. The van der Waals surface area contributed by atoms with Gasteiger partial charge in [0.25, 0.3) is 5.56 Å². The summed E-state index contributed by atoms with van der Waals surface area (Å²) in [5.41, 5.74) is 1.95. The van der Waals surface area contributed by atoms with Gasteiger partial charge in [-0.25, -0.2) is 9.78 Å². The maximum absolute atomic E-state index is 13.0. The topological polar surface area (TPSA) is 103 Å². The third kappa shape index (κ3) is 5.54. The quantitative estimate of drug-likeness (QED) is 0.217. The number of rotatable bonds is 7. The number of hydrogen-bond acceptors (Lipinski definition) is 6. The zero-order valence-corrected chi connectivity index (χ0v) is 22.4. The normalized spacial score (nSPS) is 11.2. The number of benzene rings is 3. The molecule has 3 aromatic carbocycles. The molecule has 4 aromatic rings. The van der Waals surface area contributed by atoms with E-state index in [-0.39, 0.29) is 17.7 Å². The van der Waals surface area contributed by atoms with Gasteiger partial charge in [0.2, 0.25) is 0 Å². The molecule has 0 aliphatic carbocycles. The number of fused-ring (bicyclic) bond motifs is 1. The van der Waals surface area contributed by atoms with Gasteiger partial charge in [-0.1, -0.05) is 28.1 Å². The predicted octanol–water partition coefficient (Wildman–Crippen LogP) is 5.24. The molecule has 0 saturated carbocycles. The Kier molecular flexibility index (Phi) is 7.51. The van der Waals surface area contributed by atoms with Gasteiger partial charge >= 0.3 is 5.97 Å². The Balaban J connectivity index is 1.62. The maximum atomic E-state index is 13.0. The van der Waals surface area contributed by atoms with Crippen LogP contribution in [0.15, 0.2) is 69.0 Å². The molecule has 0 spiro atoms.